The highest BCUT2D eigenvalue weighted by Crippen LogP contribution is 2.21. The van der Waals surface area contributed by atoms with Crippen LogP contribution >= 0.6 is 23.2 Å². The van der Waals surface area contributed by atoms with Crippen molar-refractivity contribution in [1.82, 2.24) is 4.72 Å². The van der Waals surface area contributed by atoms with Gasteiger partial charge in [-0.1, -0.05) is 35.3 Å². The van der Waals surface area contributed by atoms with Crippen LogP contribution in [-0.2, 0) is 16.6 Å². The van der Waals surface area contributed by atoms with E-state index in [0.717, 1.165) is 11.6 Å². The molecule has 7 heteroatoms. The SMILES string of the molecule is Cc1ccc(S(=O)(=O)NCc2ccc(F)cc2Cl)cc1Cl. The summed E-state index contributed by atoms with van der Waals surface area (Å²) in [6, 6.07) is 8.26. The van der Waals surface area contributed by atoms with E-state index in [0.29, 0.717) is 10.6 Å². The molecular formula is C14H12Cl2FNO2S. The van der Waals surface area contributed by atoms with E-state index < -0.39 is 15.8 Å². The zero-order valence-corrected chi connectivity index (χ0v) is 13.4. The van der Waals surface area contributed by atoms with E-state index in [1.165, 1.54) is 24.3 Å². The third kappa shape index (κ3) is 3.95. The first-order chi connectivity index (χ1) is 9.79. The summed E-state index contributed by atoms with van der Waals surface area (Å²) in [6.07, 6.45) is 0. The molecule has 2 aromatic carbocycles. The smallest absolute Gasteiger partial charge is 0.207 e. The Morgan fingerprint density at radius 1 is 1.10 bits per heavy atom. The maximum Gasteiger partial charge on any atom is 0.240 e. The molecule has 0 unspecified atom stereocenters. The van der Waals surface area contributed by atoms with E-state index >= 15 is 0 Å². The van der Waals surface area contributed by atoms with Crippen LogP contribution in [-0.4, -0.2) is 8.42 Å². The number of hydrogen-bond donors (Lipinski definition) is 1. The van der Waals surface area contributed by atoms with Crippen molar-refractivity contribution in [2.45, 2.75) is 18.4 Å². The first kappa shape index (κ1) is 16.2. The molecule has 0 amide bonds. The Morgan fingerprint density at radius 3 is 2.43 bits per heavy atom. The predicted octanol–water partition coefficient (Wildman–Crippen LogP) is 3.92. The van der Waals surface area contributed by atoms with Gasteiger partial charge in [-0.3, -0.25) is 0 Å². The number of sulfonamides is 1. The molecule has 0 aliphatic heterocycles. The lowest BCUT2D eigenvalue weighted by atomic mass is 10.2. The van der Waals surface area contributed by atoms with E-state index in [4.69, 9.17) is 23.2 Å². The summed E-state index contributed by atoms with van der Waals surface area (Å²) < 4.78 is 39.7. The van der Waals surface area contributed by atoms with E-state index in [1.807, 2.05) is 0 Å². The first-order valence-electron chi connectivity index (χ1n) is 5.99. The lowest BCUT2D eigenvalue weighted by molar-refractivity contribution is 0.581. The van der Waals surface area contributed by atoms with Crippen molar-refractivity contribution in [3.63, 3.8) is 0 Å². The average Bonchev–Trinajstić information content (AvgIpc) is 2.40. The number of benzene rings is 2. The van der Waals surface area contributed by atoms with Crippen LogP contribution in [0.3, 0.4) is 0 Å². The Morgan fingerprint density at radius 2 is 1.81 bits per heavy atom. The molecule has 0 spiro atoms. The normalized spacial score (nSPS) is 11.6. The molecule has 0 fully saturated rings. The van der Waals surface area contributed by atoms with Gasteiger partial charge in [-0.15, -0.1) is 0 Å². The van der Waals surface area contributed by atoms with Crippen molar-refractivity contribution in [3.05, 3.63) is 63.4 Å². The molecular weight excluding hydrogens is 336 g/mol. The van der Waals surface area contributed by atoms with Crippen LogP contribution in [0.1, 0.15) is 11.1 Å². The molecule has 0 heterocycles. The Kier molecular flexibility index (Phi) is 4.88. The number of aryl methyl sites for hydroxylation is 1. The van der Waals surface area contributed by atoms with Crippen LogP contribution in [0.4, 0.5) is 4.39 Å². The molecule has 0 radical (unpaired) electrons. The van der Waals surface area contributed by atoms with E-state index in [2.05, 4.69) is 4.72 Å². The number of halogens is 3. The zero-order valence-electron chi connectivity index (χ0n) is 11.0. The molecule has 0 aliphatic carbocycles. The summed E-state index contributed by atoms with van der Waals surface area (Å²) in [6.45, 7) is 1.75. The minimum Gasteiger partial charge on any atom is -0.207 e. The van der Waals surface area contributed by atoms with Gasteiger partial charge in [0.2, 0.25) is 10.0 Å². The Labute approximate surface area is 132 Å². The number of rotatable bonds is 4. The van der Waals surface area contributed by atoms with Crippen LogP contribution in [0.5, 0.6) is 0 Å². The minimum absolute atomic E-state index is 0.0348. The van der Waals surface area contributed by atoms with Gasteiger partial charge in [-0.25, -0.2) is 17.5 Å². The number of hydrogen-bond acceptors (Lipinski definition) is 2. The zero-order chi connectivity index (χ0) is 15.6. The summed E-state index contributed by atoms with van der Waals surface area (Å²) >= 11 is 11.8. The predicted molar refractivity (Wildman–Crippen MR) is 81.6 cm³/mol. The molecule has 0 aromatic heterocycles. The quantitative estimate of drug-likeness (QED) is 0.910. The van der Waals surface area contributed by atoms with Crippen LogP contribution < -0.4 is 4.72 Å². The maximum atomic E-state index is 12.9. The minimum atomic E-state index is -3.71. The Hall–Kier alpha value is -1.14. The summed E-state index contributed by atoms with van der Waals surface area (Å²) in [5.74, 6) is -0.475. The van der Waals surface area contributed by atoms with Crippen molar-refractivity contribution in [1.29, 1.82) is 0 Å². The fourth-order valence-electron chi connectivity index (χ4n) is 1.66. The summed E-state index contributed by atoms with van der Waals surface area (Å²) in [7, 11) is -3.71. The molecule has 1 N–H and O–H groups in total. The average molecular weight is 348 g/mol. The van der Waals surface area contributed by atoms with Gasteiger partial charge >= 0.3 is 0 Å². The molecule has 0 atom stereocenters. The molecule has 0 saturated carbocycles. The molecule has 2 aromatic rings. The largest absolute Gasteiger partial charge is 0.240 e. The van der Waals surface area contributed by atoms with Gasteiger partial charge < -0.3 is 0 Å². The number of nitrogens with one attached hydrogen (secondary N) is 1. The van der Waals surface area contributed by atoms with Gasteiger partial charge in [0.05, 0.1) is 4.90 Å². The van der Waals surface area contributed by atoms with Gasteiger partial charge in [0, 0.05) is 16.6 Å². The fourth-order valence-corrected chi connectivity index (χ4v) is 3.17. The molecule has 0 aliphatic rings. The summed E-state index contributed by atoms with van der Waals surface area (Å²) in [4.78, 5) is 0.0661. The second-order valence-corrected chi connectivity index (χ2v) is 7.05. The topological polar surface area (TPSA) is 46.2 Å². The van der Waals surface area contributed by atoms with E-state index in [9.17, 15) is 12.8 Å². The van der Waals surface area contributed by atoms with Crippen molar-refractivity contribution >= 4 is 33.2 Å². The second kappa shape index (κ2) is 6.32. The molecule has 0 bridgehead atoms. The van der Waals surface area contributed by atoms with Crippen molar-refractivity contribution in [2.24, 2.45) is 0 Å². The van der Waals surface area contributed by atoms with E-state index in [-0.39, 0.29) is 16.5 Å². The standard InChI is InChI=1S/C14H12Cl2FNO2S/c1-9-2-5-12(7-13(9)15)21(19,20)18-8-10-3-4-11(17)6-14(10)16/h2-7,18H,8H2,1H3. The van der Waals surface area contributed by atoms with Crippen LogP contribution in [0.25, 0.3) is 0 Å². The van der Waals surface area contributed by atoms with E-state index in [1.54, 1.807) is 13.0 Å². The molecule has 0 saturated heterocycles. The highest BCUT2D eigenvalue weighted by Gasteiger charge is 2.15. The van der Waals surface area contributed by atoms with Crippen molar-refractivity contribution in [2.75, 3.05) is 0 Å². The van der Waals surface area contributed by atoms with Crippen LogP contribution in [0.15, 0.2) is 41.3 Å². The fraction of sp³-hybridized carbons (Fsp3) is 0.143. The molecule has 21 heavy (non-hydrogen) atoms. The van der Waals surface area contributed by atoms with Gasteiger partial charge in [-0.2, -0.15) is 0 Å². The molecule has 2 rings (SSSR count). The molecule has 112 valence electrons. The van der Waals surface area contributed by atoms with Gasteiger partial charge in [0.15, 0.2) is 0 Å². The lowest BCUT2D eigenvalue weighted by Crippen LogP contribution is -2.23. The van der Waals surface area contributed by atoms with Crippen molar-refractivity contribution in [3.8, 4) is 0 Å². The third-order valence-corrected chi connectivity index (χ3v) is 5.08. The Balaban J connectivity index is 2.19. The monoisotopic (exact) mass is 347 g/mol. The summed E-state index contributed by atoms with van der Waals surface area (Å²) in [5.41, 5.74) is 1.28. The summed E-state index contributed by atoms with van der Waals surface area (Å²) in [5, 5.41) is 0.539. The third-order valence-electron chi connectivity index (χ3n) is 2.92. The lowest BCUT2D eigenvalue weighted by Gasteiger charge is -2.09. The van der Waals surface area contributed by atoms with Gasteiger partial charge in [0.25, 0.3) is 0 Å². The Bertz CT molecular complexity index is 779. The molecule has 3 nitrogen and oxygen atoms in total. The first-order valence-corrected chi connectivity index (χ1v) is 8.23. The second-order valence-electron chi connectivity index (χ2n) is 4.47. The van der Waals surface area contributed by atoms with Crippen LogP contribution in [0, 0.1) is 12.7 Å². The van der Waals surface area contributed by atoms with Crippen molar-refractivity contribution < 1.29 is 12.8 Å². The highest BCUT2D eigenvalue weighted by atomic mass is 35.5. The van der Waals surface area contributed by atoms with Gasteiger partial charge in [-0.05, 0) is 42.3 Å². The van der Waals surface area contributed by atoms with Gasteiger partial charge in [0.1, 0.15) is 5.82 Å². The maximum absolute atomic E-state index is 12.9. The van der Waals surface area contributed by atoms with Crippen LogP contribution in [0.2, 0.25) is 10.0 Å². The highest BCUT2D eigenvalue weighted by molar-refractivity contribution is 7.89.